The summed E-state index contributed by atoms with van der Waals surface area (Å²) in [6.07, 6.45) is 1.52. The van der Waals surface area contributed by atoms with Crippen LogP contribution in [0.1, 0.15) is 15.9 Å². The molecule has 1 atom stereocenters. The maximum Gasteiger partial charge on any atom is 0.257 e. The van der Waals surface area contributed by atoms with Crippen LogP contribution in [0.2, 0.25) is 15.1 Å². The number of likely N-dealkylation sites (N-methyl/N-ethyl adjacent to an activating group) is 1. The average Bonchev–Trinajstić information content (AvgIpc) is 2.91. The molecule has 1 aliphatic rings. The number of amides is 2. The molecule has 1 saturated heterocycles. The number of ether oxygens (including phenoxy) is 2. The molecule has 11 heteroatoms. The number of hydrogen-bond donors (Lipinski definition) is 1. The van der Waals surface area contributed by atoms with Crippen LogP contribution in [-0.2, 0) is 16.1 Å². The molecule has 0 saturated carbocycles. The van der Waals surface area contributed by atoms with Gasteiger partial charge in [-0.1, -0.05) is 40.9 Å². The molecule has 1 aromatic heterocycles. The monoisotopic (exact) mass is 576 g/mol. The fraction of sp³-hybridized carbons (Fsp3) is 0.296. The Hall–Kier alpha value is -2.88. The Morgan fingerprint density at radius 1 is 0.974 bits per heavy atom. The summed E-state index contributed by atoms with van der Waals surface area (Å²) in [6.45, 7) is 2.59. The van der Waals surface area contributed by atoms with E-state index >= 15 is 0 Å². The molecule has 200 valence electrons. The third-order valence-corrected chi connectivity index (χ3v) is 7.02. The molecule has 0 bridgehead atoms. The van der Waals surface area contributed by atoms with Crippen LogP contribution in [0, 0.1) is 0 Å². The van der Waals surface area contributed by atoms with Gasteiger partial charge in [-0.15, -0.1) is 0 Å². The summed E-state index contributed by atoms with van der Waals surface area (Å²) in [4.78, 5) is 34.9. The van der Waals surface area contributed by atoms with Gasteiger partial charge >= 0.3 is 0 Å². The van der Waals surface area contributed by atoms with Crippen molar-refractivity contribution in [2.24, 2.45) is 0 Å². The van der Waals surface area contributed by atoms with E-state index in [0.717, 1.165) is 13.1 Å². The number of carbonyl (C=O) groups is 2. The molecule has 2 aromatic carbocycles. The van der Waals surface area contributed by atoms with Gasteiger partial charge in [-0.25, -0.2) is 4.98 Å². The van der Waals surface area contributed by atoms with Crippen molar-refractivity contribution in [2.45, 2.75) is 12.6 Å². The number of nitrogens with one attached hydrogen (secondary N) is 1. The van der Waals surface area contributed by atoms with Crippen molar-refractivity contribution in [3.63, 3.8) is 0 Å². The van der Waals surface area contributed by atoms with E-state index in [1.165, 1.54) is 6.20 Å². The van der Waals surface area contributed by atoms with E-state index in [-0.39, 0.29) is 30.6 Å². The molecule has 0 unspecified atom stereocenters. The minimum absolute atomic E-state index is 0.0773. The number of rotatable bonds is 9. The Kier molecular flexibility index (Phi) is 9.82. The van der Waals surface area contributed by atoms with Crippen LogP contribution in [0.4, 0.5) is 0 Å². The van der Waals surface area contributed by atoms with Gasteiger partial charge in [0, 0.05) is 53.0 Å². The first-order chi connectivity index (χ1) is 18.3. The van der Waals surface area contributed by atoms with Gasteiger partial charge in [-0.3, -0.25) is 9.59 Å². The summed E-state index contributed by atoms with van der Waals surface area (Å²) in [6, 6.07) is 14.1. The fourth-order valence-electron chi connectivity index (χ4n) is 3.87. The van der Waals surface area contributed by atoms with Gasteiger partial charge in [0.15, 0.2) is 0 Å². The summed E-state index contributed by atoms with van der Waals surface area (Å²) in [5.41, 5.74) is 0.784. The highest BCUT2D eigenvalue weighted by Gasteiger charge is 2.29. The number of piperazine rings is 1. The first-order valence-electron chi connectivity index (χ1n) is 12.0. The van der Waals surface area contributed by atoms with Gasteiger partial charge in [0.2, 0.25) is 11.8 Å². The first kappa shape index (κ1) is 28.1. The minimum atomic E-state index is -0.948. The van der Waals surface area contributed by atoms with E-state index in [1.807, 2.05) is 7.05 Å². The van der Waals surface area contributed by atoms with Crippen LogP contribution < -0.4 is 10.1 Å². The molecule has 1 aliphatic heterocycles. The van der Waals surface area contributed by atoms with E-state index in [2.05, 4.69) is 15.2 Å². The van der Waals surface area contributed by atoms with Gasteiger partial charge < -0.3 is 24.6 Å². The van der Waals surface area contributed by atoms with Crippen molar-refractivity contribution in [1.82, 2.24) is 20.1 Å². The Labute approximate surface area is 236 Å². The van der Waals surface area contributed by atoms with Gasteiger partial charge in [-0.2, -0.15) is 0 Å². The smallest absolute Gasteiger partial charge is 0.257 e. The molecule has 38 heavy (non-hydrogen) atoms. The van der Waals surface area contributed by atoms with Crippen LogP contribution in [0.25, 0.3) is 0 Å². The summed E-state index contributed by atoms with van der Waals surface area (Å²) in [7, 11) is 2.00. The maximum atomic E-state index is 13.5. The van der Waals surface area contributed by atoms with Crippen LogP contribution in [0.15, 0.2) is 60.8 Å². The number of hydrogen-bond acceptors (Lipinski definition) is 6. The number of aromatic nitrogens is 1. The van der Waals surface area contributed by atoms with Gasteiger partial charge in [0.25, 0.3) is 5.91 Å². The van der Waals surface area contributed by atoms with Gasteiger partial charge in [0.1, 0.15) is 17.4 Å². The molecule has 1 fully saturated rings. The van der Waals surface area contributed by atoms with Crippen molar-refractivity contribution >= 4 is 46.6 Å². The van der Waals surface area contributed by atoms with Crippen LogP contribution in [0.5, 0.6) is 11.6 Å². The highest BCUT2D eigenvalue weighted by atomic mass is 35.5. The number of pyridine rings is 1. The molecule has 2 amide bonds. The lowest BCUT2D eigenvalue weighted by molar-refractivity contribution is -0.136. The zero-order chi connectivity index (χ0) is 27.1. The normalized spacial score (nSPS) is 14.7. The highest BCUT2D eigenvalue weighted by molar-refractivity contribution is 6.36. The van der Waals surface area contributed by atoms with Gasteiger partial charge in [0.05, 0.1) is 13.2 Å². The Balaban J connectivity index is 1.50. The molecule has 3 aromatic rings. The fourth-order valence-corrected chi connectivity index (χ4v) is 4.50. The topological polar surface area (TPSA) is 84.0 Å². The summed E-state index contributed by atoms with van der Waals surface area (Å²) in [5.74, 6) is -0.191. The molecule has 0 aliphatic carbocycles. The third kappa shape index (κ3) is 7.36. The van der Waals surface area contributed by atoms with Crippen molar-refractivity contribution in [1.29, 1.82) is 0 Å². The summed E-state index contributed by atoms with van der Waals surface area (Å²) >= 11 is 18.5. The number of nitrogens with zero attached hydrogens (tertiary/aromatic N) is 3. The Morgan fingerprint density at radius 2 is 1.66 bits per heavy atom. The standard InChI is InChI=1S/C27H27Cl3N4O4/c1-33-12-14-34(15-13-33)27(36)24(17-37-16-21-22(29)5-2-6-23(21)30)32-25(35)20-4-3-11-31-26(20)38-19-9-7-18(28)8-10-19/h2-11,24H,12-17H2,1H3,(H,32,35)/t24-/m1/s1. The number of benzene rings is 2. The van der Waals surface area contributed by atoms with E-state index in [9.17, 15) is 9.59 Å². The van der Waals surface area contributed by atoms with Crippen LogP contribution in [-0.4, -0.2) is 72.5 Å². The predicted molar refractivity (Wildman–Crippen MR) is 147 cm³/mol. The molecule has 8 nitrogen and oxygen atoms in total. The Bertz CT molecular complexity index is 1250. The molecular formula is C27H27Cl3N4O4. The molecule has 4 rings (SSSR count). The van der Waals surface area contributed by atoms with Crippen LogP contribution >= 0.6 is 34.8 Å². The van der Waals surface area contributed by atoms with Crippen LogP contribution in [0.3, 0.4) is 0 Å². The lowest BCUT2D eigenvalue weighted by Gasteiger charge is -2.34. The average molecular weight is 578 g/mol. The highest BCUT2D eigenvalue weighted by Crippen LogP contribution is 2.26. The lowest BCUT2D eigenvalue weighted by atomic mass is 10.2. The largest absolute Gasteiger partial charge is 0.438 e. The summed E-state index contributed by atoms with van der Waals surface area (Å²) in [5, 5.41) is 4.29. The Morgan fingerprint density at radius 3 is 2.34 bits per heavy atom. The van der Waals surface area contributed by atoms with E-state index in [1.54, 1.807) is 59.5 Å². The molecule has 1 N–H and O–H groups in total. The molecule has 0 radical (unpaired) electrons. The molecule has 0 spiro atoms. The van der Waals surface area contributed by atoms with Crippen molar-refractivity contribution in [2.75, 3.05) is 39.8 Å². The first-order valence-corrected chi connectivity index (χ1v) is 13.1. The molecule has 2 heterocycles. The van der Waals surface area contributed by atoms with Crippen molar-refractivity contribution in [3.05, 3.63) is 87.0 Å². The van der Waals surface area contributed by atoms with Crippen molar-refractivity contribution < 1.29 is 19.1 Å². The van der Waals surface area contributed by atoms with Gasteiger partial charge in [-0.05, 0) is 55.6 Å². The van der Waals surface area contributed by atoms with E-state index in [0.29, 0.717) is 39.5 Å². The second-order valence-corrected chi connectivity index (χ2v) is 10.0. The second kappa shape index (κ2) is 13.3. The third-order valence-electron chi connectivity index (χ3n) is 6.05. The summed E-state index contributed by atoms with van der Waals surface area (Å²) < 4.78 is 11.7. The SMILES string of the molecule is CN1CCN(C(=O)[C@@H](COCc2c(Cl)cccc2Cl)NC(=O)c2cccnc2Oc2ccc(Cl)cc2)CC1. The molecular weight excluding hydrogens is 551 g/mol. The van der Waals surface area contributed by atoms with E-state index < -0.39 is 11.9 Å². The lowest BCUT2D eigenvalue weighted by Crippen LogP contribution is -2.55. The predicted octanol–water partition coefficient (Wildman–Crippen LogP) is 4.92. The van der Waals surface area contributed by atoms with E-state index in [4.69, 9.17) is 44.3 Å². The minimum Gasteiger partial charge on any atom is -0.438 e. The number of carbonyl (C=O) groups excluding carboxylic acids is 2. The zero-order valence-electron chi connectivity index (χ0n) is 20.7. The zero-order valence-corrected chi connectivity index (χ0v) is 23.0. The quantitative estimate of drug-likeness (QED) is 0.389. The second-order valence-electron chi connectivity index (χ2n) is 8.78. The maximum absolute atomic E-state index is 13.5. The van der Waals surface area contributed by atoms with Crippen molar-refractivity contribution in [3.8, 4) is 11.6 Å². The number of halogens is 3.